The molecule has 4 nitrogen and oxygen atoms in total. The maximum absolute atomic E-state index is 9.12. The van der Waals surface area contributed by atoms with Crippen LogP contribution in [0.25, 0.3) is 0 Å². The van der Waals surface area contributed by atoms with Crippen LogP contribution in [0.15, 0.2) is 0 Å². The van der Waals surface area contributed by atoms with Crippen LogP contribution in [0, 0.1) is 14.9 Å². The van der Waals surface area contributed by atoms with Gasteiger partial charge in [0.2, 0.25) is 0 Å². The Balaban J connectivity index is -0.0000000286. The van der Waals surface area contributed by atoms with Gasteiger partial charge in [-0.1, -0.05) is 0 Å². The minimum atomic E-state index is -1.19. The van der Waals surface area contributed by atoms with Gasteiger partial charge in [-0.3, -0.25) is 0 Å². The molecule has 0 amide bonds. The molecule has 0 atom stereocenters. The van der Waals surface area contributed by atoms with Gasteiger partial charge < -0.3 is 25.1 Å². The zero-order chi connectivity index (χ0) is 6.28. The molecule has 0 bridgehead atoms. The van der Waals surface area contributed by atoms with E-state index in [1.807, 2.05) is 0 Å². The van der Waals surface area contributed by atoms with Crippen LogP contribution in [0.5, 0.6) is 0 Å². The van der Waals surface area contributed by atoms with Crippen molar-refractivity contribution in [2.24, 2.45) is 0 Å². The molecule has 9 heavy (non-hydrogen) atoms. The van der Waals surface area contributed by atoms with Crippen molar-refractivity contribution in [2.75, 3.05) is 6.61 Å². The van der Waals surface area contributed by atoms with Crippen molar-refractivity contribution >= 4 is 5.97 Å². The summed E-state index contributed by atoms with van der Waals surface area (Å²) < 4.78 is 8.25. The third-order valence-electron chi connectivity index (χ3n) is 0.135. The third kappa shape index (κ3) is 74.3. The monoisotopic (exact) mass is 170 g/mol. The molecule has 0 radical (unpaired) electrons. The number of carboxylic acids is 1. The first-order valence-corrected chi connectivity index (χ1v) is 1.94. The van der Waals surface area contributed by atoms with Gasteiger partial charge in [0.15, 0.2) is 0 Å². The summed E-state index contributed by atoms with van der Waals surface area (Å²) >= 11 is 0.750. The van der Waals surface area contributed by atoms with E-state index in [0.29, 0.717) is 0 Å². The van der Waals surface area contributed by atoms with Gasteiger partial charge in [0.1, 0.15) is 6.61 Å². The molecule has 54 valence electrons. The molecule has 0 aromatic carbocycles. The molecule has 5 heteroatoms. The Labute approximate surface area is 66.6 Å². The number of aliphatic hydroxyl groups excluding tert-OH is 1. The molecule has 0 heterocycles. The normalized spacial score (nSPS) is 4.78. The topological polar surface area (TPSA) is 74.6 Å². The Morgan fingerprint density at radius 2 is 1.44 bits per heavy atom. The summed E-state index contributed by atoms with van der Waals surface area (Å²) in [6, 6.07) is 0. The summed E-state index contributed by atoms with van der Waals surface area (Å²) in [6.07, 6.45) is 0. The fraction of sp³-hybridized carbons (Fsp3) is 0.250. The first-order valence-electron chi connectivity index (χ1n) is 1.30. The Kier molecular flexibility index (Phi) is 63.2. The Hall–Kier alpha value is -0.0557. The first-order chi connectivity index (χ1) is 3.27. The molecule has 0 rings (SSSR count). The first kappa shape index (κ1) is 23.1. The van der Waals surface area contributed by atoms with E-state index in [0.717, 1.165) is 20.4 Å². The van der Waals surface area contributed by atoms with Gasteiger partial charge in [-0.25, -0.2) is 4.79 Å². The van der Waals surface area contributed by atoms with E-state index in [2.05, 4.69) is 0 Å². The second-order valence-electron chi connectivity index (χ2n) is 0.552. The average molecular weight is 170 g/mol. The molecule has 0 fully saturated rings. The predicted octanol–water partition coefficient (Wildman–Crippen LogP) is -0.157. The quantitative estimate of drug-likeness (QED) is 0.423. The molecule has 0 aromatic rings. The van der Waals surface area contributed by atoms with Crippen LogP contribution in [-0.2, 0) is 28.5 Å². The van der Waals surface area contributed by atoms with E-state index in [4.69, 9.17) is 18.3 Å². The molecule has 0 spiro atoms. The van der Waals surface area contributed by atoms with Crippen molar-refractivity contribution in [1.29, 1.82) is 0 Å². The molecule has 0 aliphatic rings. The molecule has 0 aliphatic heterocycles. The second-order valence-corrected chi connectivity index (χ2v) is 0.552. The van der Waals surface area contributed by atoms with Gasteiger partial charge in [-0.15, -0.1) is 0 Å². The van der Waals surface area contributed by atoms with E-state index in [1.165, 1.54) is 0 Å². The van der Waals surface area contributed by atoms with Gasteiger partial charge in [0, 0.05) is 0 Å². The number of hydrogen-bond acceptors (Lipinski definition) is 3. The number of carbonyl (C=O) groups is 1. The van der Waals surface area contributed by atoms with Crippen molar-refractivity contribution in [3.8, 4) is 0 Å². The van der Waals surface area contributed by atoms with Gasteiger partial charge in [-0.2, -0.15) is 0 Å². The SMILES string of the molecule is O=C(O)CO.[CH3-].[CH3-].[O]=[Ti+2]. The molecule has 0 saturated carbocycles. The van der Waals surface area contributed by atoms with E-state index in [1.54, 1.807) is 0 Å². The van der Waals surface area contributed by atoms with Crippen molar-refractivity contribution < 1.29 is 38.7 Å². The Bertz CT molecular complexity index is 56.5. The van der Waals surface area contributed by atoms with Gasteiger partial charge in [-0.05, 0) is 0 Å². The third-order valence-corrected chi connectivity index (χ3v) is 0.135. The average Bonchev–Trinajstić information content (AvgIpc) is 1.73. The zero-order valence-corrected chi connectivity index (χ0v) is 6.98. The van der Waals surface area contributed by atoms with Crippen LogP contribution in [0.1, 0.15) is 0 Å². The molecular formula is C4H10O4Ti. The van der Waals surface area contributed by atoms with E-state index in [-0.39, 0.29) is 14.9 Å². The molecule has 0 aromatic heterocycles. The molecule has 0 aliphatic carbocycles. The van der Waals surface area contributed by atoms with Crippen LogP contribution >= 0.6 is 0 Å². The zero-order valence-electron chi connectivity index (χ0n) is 5.42. The van der Waals surface area contributed by atoms with Crippen molar-refractivity contribution in [1.82, 2.24) is 0 Å². The van der Waals surface area contributed by atoms with E-state index in [9.17, 15) is 0 Å². The minimum absolute atomic E-state index is 0. The fourth-order valence-electron chi connectivity index (χ4n) is 0. The number of aliphatic hydroxyl groups is 1. The van der Waals surface area contributed by atoms with E-state index >= 15 is 0 Å². The van der Waals surface area contributed by atoms with Crippen LogP contribution in [-0.4, -0.2) is 22.8 Å². The number of aliphatic carboxylic acids is 1. The molecule has 2 N–H and O–H groups in total. The van der Waals surface area contributed by atoms with E-state index < -0.39 is 12.6 Å². The summed E-state index contributed by atoms with van der Waals surface area (Å²) in [7, 11) is 0. The number of hydrogen-bond donors (Lipinski definition) is 2. The van der Waals surface area contributed by atoms with Gasteiger partial charge in [0.25, 0.3) is 0 Å². The van der Waals surface area contributed by atoms with Crippen molar-refractivity contribution in [2.45, 2.75) is 0 Å². The standard InChI is InChI=1S/C2H4O3.2CH3.O.Ti/c3-1-2(4)5;;;;/h3H,1H2,(H,4,5);2*1H3;;/q;2*-1;;+2. The number of rotatable bonds is 1. The van der Waals surface area contributed by atoms with Crippen LogP contribution < -0.4 is 0 Å². The predicted molar refractivity (Wildman–Crippen MR) is 28.2 cm³/mol. The summed E-state index contributed by atoms with van der Waals surface area (Å²) in [6.45, 7) is -0.778. The Morgan fingerprint density at radius 3 is 1.44 bits per heavy atom. The fourth-order valence-corrected chi connectivity index (χ4v) is 0. The Morgan fingerprint density at radius 1 is 1.33 bits per heavy atom. The summed E-state index contributed by atoms with van der Waals surface area (Å²) in [5, 5.41) is 15.0. The molecule has 0 saturated heterocycles. The van der Waals surface area contributed by atoms with Crippen LogP contribution in [0.3, 0.4) is 0 Å². The second kappa shape index (κ2) is 24.6. The molecular weight excluding hydrogens is 160 g/mol. The summed E-state index contributed by atoms with van der Waals surface area (Å²) in [4.78, 5) is 9.12. The molecule has 0 unspecified atom stereocenters. The summed E-state index contributed by atoms with van der Waals surface area (Å²) in [5.74, 6) is -1.19. The number of carboxylic acid groups (broad SMARTS) is 1. The van der Waals surface area contributed by atoms with Crippen molar-refractivity contribution in [3.63, 3.8) is 0 Å². The van der Waals surface area contributed by atoms with Crippen molar-refractivity contribution in [3.05, 3.63) is 14.9 Å². The summed E-state index contributed by atoms with van der Waals surface area (Å²) in [5.41, 5.74) is 0. The van der Waals surface area contributed by atoms with Gasteiger partial charge in [0.05, 0.1) is 0 Å². The van der Waals surface area contributed by atoms with Crippen LogP contribution in [0.2, 0.25) is 0 Å². The van der Waals surface area contributed by atoms with Gasteiger partial charge >= 0.3 is 29.7 Å². The van der Waals surface area contributed by atoms with Crippen LogP contribution in [0.4, 0.5) is 0 Å². The maximum atomic E-state index is 9.12.